The molecule has 0 aliphatic carbocycles. The summed E-state index contributed by atoms with van der Waals surface area (Å²) in [5.74, 6) is 0. The van der Waals surface area contributed by atoms with Crippen LogP contribution in [0.1, 0.15) is 20.8 Å². The fraction of sp³-hybridized carbons (Fsp3) is 0.545. The van der Waals surface area contributed by atoms with Crippen LogP contribution in [0.5, 0.6) is 0 Å². The van der Waals surface area contributed by atoms with Gasteiger partial charge in [0, 0.05) is 6.20 Å². The highest BCUT2D eigenvalue weighted by Crippen LogP contribution is 2.13. The van der Waals surface area contributed by atoms with Gasteiger partial charge in [-0.05, 0) is 32.4 Å². The standard InChI is InChI=1S/C11H17NO3/c1-11(2,3)15-10(14)12-6-4-5-9(7-12)8-13/h4-6,13H,7-8H2,1-3H3. The molecule has 4 heteroatoms. The Kier molecular flexibility index (Phi) is 3.52. The molecule has 1 amide bonds. The molecule has 0 aromatic heterocycles. The van der Waals surface area contributed by atoms with E-state index >= 15 is 0 Å². The minimum atomic E-state index is -0.495. The van der Waals surface area contributed by atoms with E-state index in [9.17, 15) is 4.79 Å². The van der Waals surface area contributed by atoms with Crippen LogP contribution in [-0.2, 0) is 4.74 Å². The van der Waals surface area contributed by atoms with Gasteiger partial charge in [-0.2, -0.15) is 0 Å². The molecule has 0 radical (unpaired) electrons. The number of carbonyl (C=O) groups excluding carboxylic acids is 1. The summed E-state index contributed by atoms with van der Waals surface area (Å²) in [5.41, 5.74) is 0.300. The summed E-state index contributed by atoms with van der Waals surface area (Å²) in [4.78, 5) is 13.1. The molecule has 15 heavy (non-hydrogen) atoms. The van der Waals surface area contributed by atoms with Gasteiger partial charge in [-0.25, -0.2) is 4.79 Å². The number of hydrogen-bond donors (Lipinski definition) is 1. The quantitative estimate of drug-likeness (QED) is 0.717. The largest absolute Gasteiger partial charge is 0.443 e. The predicted molar refractivity (Wildman–Crippen MR) is 57.2 cm³/mol. The van der Waals surface area contributed by atoms with E-state index in [1.807, 2.05) is 20.8 Å². The third kappa shape index (κ3) is 3.75. The average Bonchev–Trinajstić information content (AvgIpc) is 2.15. The van der Waals surface area contributed by atoms with Crippen LogP contribution in [0.2, 0.25) is 0 Å². The second-order valence-electron chi connectivity index (χ2n) is 4.43. The number of nitrogens with zero attached hydrogens (tertiary/aromatic N) is 1. The van der Waals surface area contributed by atoms with Gasteiger partial charge in [0.1, 0.15) is 5.60 Å². The van der Waals surface area contributed by atoms with Crippen LogP contribution in [0.4, 0.5) is 4.79 Å². The van der Waals surface area contributed by atoms with Crippen LogP contribution in [-0.4, -0.2) is 34.9 Å². The van der Waals surface area contributed by atoms with Crippen LogP contribution >= 0.6 is 0 Å². The van der Waals surface area contributed by atoms with E-state index in [1.54, 1.807) is 18.4 Å². The van der Waals surface area contributed by atoms with Gasteiger partial charge in [0.15, 0.2) is 0 Å². The Hall–Kier alpha value is -1.29. The summed E-state index contributed by atoms with van der Waals surface area (Å²) in [7, 11) is 0. The SMILES string of the molecule is CC(C)(C)OC(=O)N1C=CC=C(CO)C1. The first-order valence-electron chi connectivity index (χ1n) is 4.89. The molecule has 0 aromatic rings. The van der Waals surface area contributed by atoms with Gasteiger partial charge in [-0.1, -0.05) is 6.08 Å². The number of hydrogen-bond acceptors (Lipinski definition) is 3. The lowest BCUT2D eigenvalue weighted by molar-refractivity contribution is 0.0343. The molecule has 1 N–H and O–H groups in total. The summed E-state index contributed by atoms with van der Waals surface area (Å²) in [6.45, 7) is 5.82. The molecule has 0 atom stereocenters. The maximum Gasteiger partial charge on any atom is 0.414 e. The zero-order valence-electron chi connectivity index (χ0n) is 9.36. The number of rotatable bonds is 1. The van der Waals surface area contributed by atoms with Crippen molar-refractivity contribution in [1.82, 2.24) is 4.90 Å². The number of aliphatic hydroxyl groups is 1. The third-order valence-corrected chi connectivity index (χ3v) is 1.80. The second-order valence-corrected chi connectivity index (χ2v) is 4.43. The van der Waals surface area contributed by atoms with Gasteiger partial charge in [0.05, 0.1) is 13.2 Å². The summed E-state index contributed by atoms with van der Waals surface area (Å²) >= 11 is 0. The van der Waals surface area contributed by atoms with Gasteiger partial charge >= 0.3 is 6.09 Å². The van der Waals surface area contributed by atoms with E-state index in [2.05, 4.69) is 0 Å². The third-order valence-electron chi connectivity index (χ3n) is 1.80. The molecule has 4 nitrogen and oxygen atoms in total. The van der Waals surface area contributed by atoms with E-state index in [-0.39, 0.29) is 6.61 Å². The predicted octanol–water partition coefficient (Wildman–Crippen LogP) is 1.67. The normalized spacial score (nSPS) is 16.3. The Balaban J connectivity index is 2.57. The molecule has 0 spiro atoms. The molecule has 0 saturated heterocycles. The van der Waals surface area contributed by atoms with Crippen molar-refractivity contribution in [2.45, 2.75) is 26.4 Å². The van der Waals surface area contributed by atoms with Gasteiger partial charge < -0.3 is 9.84 Å². The van der Waals surface area contributed by atoms with Crippen LogP contribution in [0.15, 0.2) is 23.9 Å². The van der Waals surface area contributed by atoms with Crippen LogP contribution in [0, 0.1) is 0 Å². The zero-order valence-corrected chi connectivity index (χ0v) is 9.36. The topological polar surface area (TPSA) is 49.8 Å². The van der Waals surface area contributed by atoms with Crippen LogP contribution < -0.4 is 0 Å². The molecule has 84 valence electrons. The van der Waals surface area contributed by atoms with E-state index in [0.29, 0.717) is 6.54 Å². The fourth-order valence-corrected chi connectivity index (χ4v) is 1.16. The Morgan fingerprint density at radius 1 is 1.60 bits per heavy atom. The van der Waals surface area contributed by atoms with E-state index in [0.717, 1.165) is 5.57 Å². The number of aliphatic hydroxyl groups excluding tert-OH is 1. The Bertz CT molecular complexity index is 299. The zero-order chi connectivity index (χ0) is 11.5. The molecule has 1 aliphatic rings. The highest BCUT2D eigenvalue weighted by molar-refractivity contribution is 5.70. The maximum absolute atomic E-state index is 11.6. The molecule has 0 unspecified atom stereocenters. The van der Waals surface area contributed by atoms with Crippen molar-refractivity contribution in [3.63, 3.8) is 0 Å². The number of amides is 1. The van der Waals surface area contributed by atoms with E-state index in [1.165, 1.54) is 4.90 Å². The van der Waals surface area contributed by atoms with Crippen LogP contribution in [0.3, 0.4) is 0 Å². The Morgan fingerprint density at radius 2 is 2.27 bits per heavy atom. The summed E-state index contributed by atoms with van der Waals surface area (Å²) in [5, 5.41) is 8.94. The molecule has 0 bridgehead atoms. The van der Waals surface area contributed by atoms with Crippen molar-refractivity contribution in [2.75, 3.05) is 13.2 Å². The molecule has 1 rings (SSSR count). The minimum absolute atomic E-state index is 0.0381. The molecule has 1 aliphatic heterocycles. The Labute approximate surface area is 89.8 Å². The number of ether oxygens (including phenoxy) is 1. The Morgan fingerprint density at radius 3 is 2.80 bits per heavy atom. The lowest BCUT2D eigenvalue weighted by Crippen LogP contribution is -2.35. The van der Waals surface area contributed by atoms with E-state index < -0.39 is 11.7 Å². The molecular weight excluding hydrogens is 194 g/mol. The van der Waals surface area contributed by atoms with Crippen molar-refractivity contribution < 1.29 is 14.6 Å². The average molecular weight is 211 g/mol. The summed E-state index contributed by atoms with van der Waals surface area (Å²) in [6.07, 6.45) is 4.77. The number of carbonyl (C=O) groups is 1. The second kappa shape index (κ2) is 4.49. The van der Waals surface area contributed by atoms with Crippen molar-refractivity contribution in [3.05, 3.63) is 23.9 Å². The minimum Gasteiger partial charge on any atom is -0.443 e. The van der Waals surface area contributed by atoms with Gasteiger partial charge in [0.25, 0.3) is 0 Å². The molecule has 1 heterocycles. The van der Waals surface area contributed by atoms with Crippen molar-refractivity contribution in [1.29, 1.82) is 0 Å². The summed E-state index contributed by atoms with van der Waals surface area (Å²) in [6, 6.07) is 0. The maximum atomic E-state index is 11.6. The lowest BCUT2D eigenvalue weighted by atomic mass is 10.2. The number of allylic oxidation sites excluding steroid dienone is 2. The first-order valence-corrected chi connectivity index (χ1v) is 4.89. The van der Waals surface area contributed by atoms with E-state index in [4.69, 9.17) is 9.84 Å². The van der Waals surface area contributed by atoms with Crippen molar-refractivity contribution in [2.24, 2.45) is 0 Å². The molecule has 0 saturated carbocycles. The molecule has 0 aromatic carbocycles. The summed E-state index contributed by atoms with van der Waals surface area (Å²) < 4.78 is 5.20. The van der Waals surface area contributed by atoms with Gasteiger partial charge in [-0.15, -0.1) is 0 Å². The fourth-order valence-electron chi connectivity index (χ4n) is 1.16. The van der Waals surface area contributed by atoms with Crippen molar-refractivity contribution >= 4 is 6.09 Å². The van der Waals surface area contributed by atoms with Gasteiger partial charge in [-0.3, -0.25) is 4.90 Å². The first-order chi connectivity index (χ1) is 6.92. The lowest BCUT2D eigenvalue weighted by Gasteiger charge is -2.26. The van der Waals surface area contributed by atoms with Crippen LogP contribution in [0.25, 0.3) is 0 Å². The van der Waals surface area contributed by atoms with Gasteiger partial charge in [0.2, 0.25) is 0 Å². The smallest absolute Gasteiger partial charge is 0.414 e. The van der Waals surface area contributed by atoms with Crippen molar-refractivity contribution in [3.8, 4) is 0 Å². The highest BCUT2D eigenvalue weighted by Gasteiger charge is 2.22. The highest BCUT2D eigenvalue weighted by atomic mass is 16.6. The monoisotopic (exact) mass is 211 g/mol. The first kappa shape index (κ1) is 11.8. The molecular formula is C11H17NO3. The molecule has 0 fully saturated rings.